The molecule has 0 spiro atoms. The van der Waals surface area contributed by atoms with E-state index in [1.807, 2.05) is 11.8 Å². The number of fused-ring (bicyclic) bond motifs is 11. The van der Waals surface area contributed by atoms with E-state index in [9.17, 15) is 0 Å². The van der Waals surface area contributed by atoms with Gasteiger partial charge in [0.15, 0.2) is 0 Å². The van der Waals surface area contributed by atoms with Gasteiger partial charge in [-0.2, -0.15) is 0 Å². The van der Waals surface area contributed by atoms with Crippen LogP contribution in [-0.2, 0) is 10.8 Å². The molecular weight excluding hydrogens is 735 g/mol. The van der Waals surface area contributed by atoms with Crippen molar-refractivity contribution in [1.29, 1.82) is 0 Å². The van der Waals surface area contributed by atoms with Crippen LogP contribution in [0.2, 0.25) is 0 Å². The molecule has 0 fully saturated rings. The summed E-state index contributed by atoms with van der Waals surface area (Å²) in [6, 6.07) is 58.4. The first-order valence-electron chi connectivity index (χ1n) is 20.8. The van der Waals surface area contributed by atoms with Crippen molar-refractivity contribution >= 4 is 50.5 Å². The Hall–Kier alpha value is -6.36. The second-order valence-corrected chi connectivity index (χ2v) is 18.8. The highest BCUT2D eigenvalue weighted by Crippen LogP contribution is 2.53. The number of nitrogens with one attached hydrogen (secondary N) is 2. The average Bonchev–Trinajstić information content (AvgIpc) is 3.89. The fourth-order valence-corrected chi connectivity index (χ4v) is 11.5. The van der Waals surface area contributed by atoms with Gasteiger partial charge in [-0.1, -0.05) is 179 Å². The van der Waals surface area contributed by atoms with Crippen molar-refractivity contribution in [2.75, 3.05) is 5.32 Å². The largest absolute Gasteiger partial charge is 0.368 e. The van der Waals surface area contributed by atoms with Crippen molar-refractivity contribution in [3.63, 3.8) is 0 Å². The third-order valence-electron chi connectivity index (χ3n) is 13.5. The molecule has 0 amide bonds. The zero-order chi connectivity index (χ0) is 39.6. The Balaban J connectivity index is 0.974. The SMILES string of the molecule is CC1(C)c2ccccc2-c2ccc(C3=CC(c4ccc5c(c4)C(C)(C)c4ccccc4-5)N=C(c4ccc5c(ccc6ccc7c(c65)NC(c5ccccc5)S7)c4)N3)cc21. The van der Waals surface area contributed by atoms with Gasteiger partial charge in [0.2, 0.25) is 0 Å². The summed E-state index contributed by atoms with van der Waals surface area (Å²) < 4.78 is 0. The smallest absolute Gasteiger partial charge is 0.133 e. The van der Waals surface area contributed by atoms with Gasteiger partial charge in [-0.3, -0.25) is 4.99 Å². The van der Waals surface area contributed by atoms with Gasteiger partial charge in [0, 0.05) is 32.4 Å². The van der Waals surface area contributed by atoms with E-state index in [2.05, 4.69) is 202 Å². The summed E-state index contributed by atoms with van der Waals surface area (Å²) in [7, 11) is 0. The Morgan fingerprint density at radius 2 is 1.15 bits per heavy atom. The molecule has 284 valence electrons. The van der Waals surface area contributed by atoms with E-state index in [0.29, 0.717) is 0 Å². The van der Waals surface area contributed by atoms with E-state index in [1.165, 1.54) is 93.3 Å². The monoisotopic (exact) mass is 777 g/mol. The molecule has 4 aliphatic rings. The van der Waals surface area contributed by atoms with Gasteiger partial charge in [-0.15, -0.1) is 0 Å². The summed E-state index contributed by atoms with van der Waals surface area (Å²) in [4.78, 5) is 6.83. The van der Waals surface area contributed by atoms with Crippen LogP contribution in [-0.4, -0.2) is 5.84 Å². The maximum absolute atomic E-state index is 5.54. The van der Waals surface area contributed by atoms with Crippen molar-refractivity contribution in [3.05, 3.63) is 208 Å². The Morgan fingerprint density at radius 3 is 1.92 bits per heavy atom. The predicted octanol–water partition coefficient (Wildman–Crippen LogP) is 14.0. The van der Waals surface area contributed by atoms with Crippen molar-refractivity contribution in [1.82, 2.24) is 5.32 Å². The summed E-state index contributed by atoms with van der Waals surface area (Å²) in [6.45, 7) is 9.42. The van der Waals surface area contributed by atoms with E-state index in [4.69, 9.17) is 4.99 Å². The fraction of sp³-hybridized carbons (Fsp3) is 0.145. The lowest BCUT2D eigenvalue weighted by molar-refractivity contribution is 0.658. The number of hydrogen-bond acceptors (Lipinski definition) is 4. The zero-order valence-electron chi connectivity index (χ0n) is 33.6. The minimum atomic E-state index is -0.170. The Kier molecular flexibility index (Phi) is 7.38. The Morgan fingerprint density at radius 1 is 0.525 bits per heavy atom. The molecule has 2 heterocycles. The van der Waals surface area contributed by atoms with Crippen LogP contribution in [0.3, 0.4) is 0 Å². The Labute approximate surface area is 349 Å². The minimum Gasteiger partial charge on any atom is -0.368 e. The summed E-state index contributed by atoms with van der Waals surface area (Å²) in [5.74, 6) is 0.886. The lowest BCUT2D eigenvalue weighted by Crippen LogP contribution is -2.28. The molecule has 3 nitrogen and oxygen atoms in total. The standard InChI is InChI=1S/C55H43N3S/c1-54(2)43-16-10-8-14-39(43)41-25-20-35(29-45(41)54)47-31-48(36-21-26-42-40-15-9-11-17-44(40)55(3,4)46(42)30-36)57-52(56-47)37-22-24-38-34(28-37)19-18-32-23-27-49-51(50(32)38)58-53(59-49)33-12-6-5-7-13-33/h5-31,47,53,58H,1-4H3,(H,56,57). The van der Waals surface area contributed by atoms with Crippen molar-refractivity contribution in [2.45, 2.75) is 54.8 Å². The third-order valence-corrected chi connectivity index (χ3v) is 14.8. The highest BCUT2D eigenvalue weighted by molar-refractivity contribution is 8.00. The summed E-state index contributed by atoms with van der Waals surface area (Å²) in [6.07, 6.45) is 2.33. The van der Waals surface area contributed by atoms with Crippen LogP contribution in [0.15, 0.2) is 174 Å². The number of anilines is 1. The number of hydrogen-bond donors (Lipinski definition) is 2. The number of nitrogens with zero attached hydrogens (tertiary/aromatic N) is 1. The van der Waals surface area contributed by atoms with Crippen LogP contribution in [0.5, 0.6) is 0 Å². The third kappa shape index (κ3) is 5.19. The number of amidine groups is 1. The van der Waals surface area contributed by atoms with Crippen LogP contribution in [0.4, 0.5) is 5.69 Å². The molecule has 0 saturated heterocycles. The number of thioether (sulfide) groups is 1. The maximum Gasteiger partial charge on any atom is 0.133 e. The molecule has 12 rings (SSSR count). The molecular formula is C55H43N3S. The van der Waals surface area contributed by atoms with Crippen molar-refractivity contribution in [3.8, 4) is 22.3 Å². The molecule has 8 aromatic carbocycles. The zero-order valence-corrected chi connectivity index (χ0v) is 34.4. The van der Waals surface area contributed by atoms with Crippen LogP contribution in [0.1, 0.15) is 83.6 Å². The summed E-state index contributed by atoms with van der Waals surface area (Å²) >= 11 is 1.90. The van der Waals surface area contributed by atoms with E-state index in [0.717, 1.165) is 17.1 Å². The van der Waals surface area contributed by atoms with Crippen molar-refractivity contribution in [2.24, 2.45) is 4.99 Å². The second kappa shape index (κ2) is 12.6. The topological polar surface area (TPSA) is 36.4 Å². The van der Waals surface area contributed by atoms with Gasteiger partial charge in [0.1, 0.15) is 11.2 Å². The first kappa shape index (κ1) is 34.7. The molecule has 2 N–H and O–H groups in total. The molecule has 0 radical (unpaired) electrons. The average molecular weight is 778 g/mol. The molecule has 2 aliphatic heterocycles. The fourth-order valence-electron chi connectivity index (χ4n) is 10.4. The molecule has 0 saturated carbocycles. The lowest BCUT2D eigenvalue weighted by Gasteiger charge is -2.26. The molecule has 4 heteroatoms. The first-order chi connectivity index (χ1) is 28.7. The quantitative estimate of drug-likeness (QED) is 0.175. The number of aliphatic imine (C=N–C) groups is 1. The molecule has 8 aromatic rings. The van der Waals surface area contributed by atoms with Gasteiger partial charge in [-0.25, -0.2) is 0 Å². The van der Waals surface area contributed by atoms with Gasteiger partial charge in [-0.05, 0) is 102 Å². The predicted molar refractivity (Wildman–Crippen MR) is 249 cm³/mol. The molecule has 0 aromatic heterocycles. The highest BCUT2D eigenvalue weighted by atomic mass is 32.2. The molecule has 0 bridgehead atoms. The van der Waals surface area contributed by atoms with Gasteiger partial charge >= 0.3 is 0 Å². The molecule has 2 atom stereocenters. The van der Waals surface area contributed by atoms with Crippen LogP contribution in [0, 0.1) is 0 Å². The van der Waals surface area contributed by atoms with Gasteiger partial charge < -0.3 is 10.6 Å². The summed E-state index contributed by atoms with van der Waals surface area (Å²) in [5, 5.41) is 12.9. The molecule has 59 heavy (non-hydrogen) atoms. The second-order valence-electron chi connectivity index (χ2n) is 17.6. The van der Waals surface area contributed by atoms with Crippen molar-refractivity contribution < 1.29 is 0 Å². The highest BCUT2D eigenvalue weighted by Gasteiger charge is 2.37. The van der Waals surface area contributed by atoms with Gasteiger partial charge in [0.05, 0.1) is 11.7 Å². The minimum absolute atomic E-state index is 0.0930. The number of benzene rings is 8. The van der Waals surface area contributed by atoms with E-state index < -0.39 is 0 Å². The van der Waals surface area contributed by atoms with E-state index in [-0.39, 0.29) is 22.2 Å². The van der Waals surface area contributed by atoms with Crippen LogP contribution >= 0.6 is 11.8 Å². The Bertz CT molecular complexity index is 3150. The van der Waals surface area contributed by atoms with Crippen LogP contribution in [0.25, 0.3) is 49.5 Å². The van der Waals surface area contributed by atoms with Crippen LogP contribution < -0.4 is 10.6 Å². The summed E-state index contributed by atoms with van der Waals surface area (Å²) in [5.41, 5.74) is 17.7. The maximum atomic E-state index is 5.54. The normalized spacial score (nSPS) is 18.8. The molecule has 2 aliphatic carbocycles. The van der Waals surface area contributed by atoms with E-state index >= 15 is 0 Å². The van der Waals surface area contributed by atoms with Gasteiger partial charge in [0.25, 0.3) is 0 Å². The molecule has 2 unspecified atom stereocenters. The first-order valence-corrected chi connectivity index (χ1v) is 21.6. The van der Waals surface area contributed by atoms with E-state index in [1.54, 1.807) is 0 Å². The lowest BCUT2D eigenvalue weighted by atomic mass is 9.81. The number of rotatable bonds is 4.